The third-order valence-electron chi connectivity index (χ3n) is 2.92. The quantitative estimate of drug-likeness (QED) is 0.784. The Labute approximate surface area is 94.6 Å². The van der Waals surface area contributed by atoms with E-state index in [0.717, 1.165) is 24.3 Å². The molecule has 0 aromatic carbocycles. The van der Waals surface area contributed by atoms with Gasteiger partial charge < -0.3 is 5.32 Å². The van der Waals surface area contributed by atoms with Crippen LogP contribution in [0, 0.1) is 6.92 Å². The Hall–Kier alpha value is -1.74. The molecule has 2 aromatic rings. The van der Waals surface area contributed by atoms with Crippen molar-refractivity contribution in [3.05, 3.63) is 47.4 Å². The molecule has 3 rings (SSSR count). The van der Waals surface area contributed by atoms with Gasteiger partial charge in [0.15, 0.2) is 0 Å². The van der Waals surface area contributed by atoms with Gasteiger partial charge in [-0.05, 0) is 35.7 Å². The standard InChI is InChI=1S/C13H13N3/c1-9-4-11(7-14-5-9)13-12-8-15-6-10(12)2-3-16-13/h2-5,7,15H,6,8H2,1H3. The summed E-state index contributed by atoms with van der Waals surface area (Å²) in [6.07, 6.45) is 5.63. The van der Waals surface area contributed by atoms with E-state index < -0.39 is 0 Å². The van der Waals surface area contributed by atoms with Crippen LogP contribution in [0.15, 0.2) is 30.7 Å². The molecule has 0 saturated carbocycles. The molecule has 1 N–H and O–H groups in total. The van der Waals surface area contributed by atoms with Gasteiger partial charge in [0.1, 0.15) is 0 Å². The van der Waals surface area contributed by atoms with Gasteiger partial charge in [0.2, 0.25) is 0 Å². The first kappa shape index (κ1) is 9.48. The fraction of sp³-hybridized carbons (Fsp3) is 0.231. The number of fused-ring (bicyclic) bond motifs is 1. The van der Waals surface area contributed by atoms with E-state index in [-0.39, 0.29) is 0 Å². The van der Waals surface area contributed by atoms with Crippen LogP contribution < -0.4 is 5.32 Å². The van der Waals surface area contributed by atoms with E-state index in [1.165, 1.54) is 16.7 Å². The van der Waals surface area contributed by atoms with Crippen LogP contribution in [-0.4, -0.2) is 9.97 Å². The van der Waals surface area contributed by atoms with Crippen molar-refractivity contribution in [1.82, 2.24) is 15.3 Å². The van der Waals surface area contributed by atoms with E-state index >= 15 is 0 Å². The van der Waals surface area contributed by atoms with Gasteiger partial charge in [-0.3, -0.25) is 9.97 Å². The van der Waals surface area contributed by atoms with Gasteiger partial charge in [-0.15, -0.1) is 0 Å². The molecule has 0 bridgehead atoms. The van der Waals surface area contributed by atoms with Crippen molar-refractivity contribution in [3.63, 3.8) is 0 Å². The second-order valence-electron chi connectivity index (χ2n) is 4.15. The molecule has 0 fully saturated rings. The normalized spacial score (nSPS) is 13.8. The van der Waals surface area contributed by atoms with E-state index in [0.29, 0.717) is 0 Å². The van der Waals surface area contributed by atoms with Gasteiger partial charge in [0, 0.05) is 37.2 Å². The predicted molar refractivity (Wildman–Crippen MR) is 62.7 cm³/mol. The van der Waals surface area contributed by atoms with Crippen LogP contribution in [0.2, 0.25) is 0 Å². The SMILES string of the molecule is Cc1cncc(-c2nccc3c2CNC3)c1. The lowest BCUT2D eigenvalue weighted by Crippen LogP contribution is -2.00. The Morgan fingerprint density at radius 3 is 3.06 bits per heavy atom. The Kier molecular flexibility index (Phi) is 2.18. The van der Waals surface area contributed by atoms with Gasteiger partial charge in [0.25, 0.3) is 0 Å². The van der Waals surface area contributed by atoms with E-state index in [4.69, 9.17) is 0 Å². The lowest BCUT2D eigenvalue weighted by atomic mass is 10.0. The highest BCUT2D eigenvalue weighted by molar-refractivity contribution is 5.64. The fourth-order valence-electron chi connectivity index (χ4n) is 2.15. The Bertz CT molecular complexity index is 534. The summed E-state index contributed by atoms with van der Waals surface area (Å²) in [6, 6.07) is 4.22. The number of pyridine rings is 2. The maximum Gasteiger partial charge on any atom is 0.0765 e. The molecule has 2 aromatic heterocycles. The average molecular weight is 211 g/mol. The van der Waals surface area contributed by atoms with Crippen molar-refractivity contribution < 1.29 is 0 Å². The van der Waals surface area contributed by atoms with Gasteiger partial charge in [-0.2, -0.15) is 0 Å². The number of aromatic nitrogens is 2. The first-order chi connectivity index (χ1) is 7.84. The van der Waals surface area contributed by atoms with Crippen LogP contribution in [0.5, 0.6) is 0 Å². The summed E-state index contributed by atoms with van der Waals surface area (Å²) >= 11 is 0. The molecule has 0 radical (unpaired) electrons. The molecule has 0 saturated heterocycles. The minimum atomic E-state index is 0.909. The van der Waals surface area contributed by atoms with Crippen LogP contribution in [0.1, 0.15) is 16.7 Å². The summed E-state index contributed by atoms with van der Waals surface area (Å²) < 4.78 is 0. The van der Waals surface area contributed by atoms with Crippen LogP contribution in [-0.2, 0) is 13.1 Å². The van der Waals surface area contributed by atoms with Crippen molar-refractivity contribution >= 4 is 0 Å². The predicted octanol–water partition coefficient (Wildman–Crippen LogP) is 2.06. The molecular weight excluding hydrogens is 198 g/mol. The van der Waals surface area contributed by atoms with Crippen LogP contribution in [0.4, 0.5) is 0 Å². The fourth-order valence-corrected chi connectivity index (χ4v) is 2.15. The average Bonchev–Trinajstić information content (AvgIpc) is 2.76. The zero-order valence-corrected chi connectivity index (χ0v) is 9.20. The summed E-state index contributed by atoms with van der Waals surface area (Å²) in [5.74, 6) is 0. The number of rotatable bonds is 1. The summed E-state index contributed by atoms with van der Waals surface area (Å²) in [7, 11) is 0. The largest absolute Gasteiger partial charge is 0.309 e. The molecule has 0 unspecified atom stereocenters. The molecule has 3 heterocycles. The van der Waals surface area contributed by atoms with Gasteiger partial charge in [-0.1, -0.05) is 0 Å². The van der Waals surface area contributed by atoms with Crippen molar-refractivity contribution in [2.45, 2.75) is 20.0 Å². The first-order valence-corrected chi connectivity index (χ1v) is 5.44. The number of nitrogens with zero attached hydrogens (tertiary/aromatic N) is 2. The topological polar surface area (TPSA) is 37.8 Å². The number of hydrogen-bond donors (Lipinski definition) is 1. The van der Waals surface area contributed by atoms with Crippen LogP contribution in [0.25, 0.3) is 11.3 Å². The van der Waals surface area contributed by atoms with E-state index in [9.17, 15) is 0 Å². The summed E-state index contributed by atoms with van der Waals surface area (Å²) in [6.45, 7) is 3.91. The number of aryl methyl sites for hydroxylation is 1. The van der Waals surface area contributed by atoms with Crippen molar-refractivity contribution in [2.24, 2.45) is 0 Å². The maximum atomic E-state index is 4.48. The number of nitrogens with one attached hydrogen (secondary N) is 1. The molecular formula is C13H13N3. The maximum absolute atomic E-state index is 4.48. The summed E-state index contributed by atoms with van der Waals surface area (Å²) in [5, 5.41) is 3.35. The zero-order chi connectivity index (χ0) is 11.0. The molecule has 16 heavy (non-hydrogen) atoms. The third-order valence-corrected chi connectivity index (χ3v) is 2.92. The lowest BCUT2D eigenvalue weighted by molar-refractivity contribution is 0.765. The Morgan fingerprint density at radius 1 is 1.25 bits per heavy atom. The smallest absolute Gasteiger partial charge is 0.0765 e. The molecule has 3 heteroatoms. The first-order valence-electron chi connectivity index (χ1n) is 5.44. The molecule has 1 aliphatic heterocycles. The minimum Gasteiger partial charge on any atom is -0.309 e. The summed E-state index contributed by atoms with van der Waals surface area (Å²) in [4.78, 5) is 8.71. The summed E-state index contributed by atoms with van der Waals surface area (Å²) in [5.41, 5.74) is 6.02. The minimum absolute atomic E-state index is 0.909. The lowest BCUT2D eigenvalue weighted by Gasteiger charge is -2.06. The monoisotopic (exact) mass is 211 g/mol. The highest BCUT2D eigenvalue weighted by Crippen LogP contribution is 2.26. The Balaban J connectivity index is 2.17. The zero-order valence-electron chi connectivity index (χ0n) is 9.20. The van der Waals surface area contributed by atoms with E-state index in [1.54, 1.807) is 0 Å². The highest BCUT2D eigenvalue weighted by Gasteiger charge is 2.16. The molecule has 80 valence electrons. The second-order valence-corrected chi connectivity index (χ2v) is 4.15. The molecule has 0 spiro atoms. The van der Waals surface area contributed by atoms with Crippen LogP contribution >= 0.6 is 0 Å². The van der Waals surface area contributed by atoms with Crippen molar-refractivity contribution in [2.75, 3.05) is 0 Å². The molecule has 0 atom stereocenters. The Morgan fingerprint density at radius 2 is 2.19 bits per heavy atom. The van der Waals surface area contributed by atoms with Gasteiger partial charge >= 0.3 is 0 Å². The van der Waals surface area contributed by atoms with Crippen molar-refractivity contribution in [3.8, 4) is 11.3 Å². The van der Waals surface area contributed by atoms with E-state index in [1.807, 2.05) is 18.6 Å². The molecule has 3 nitrogen and oxygen atoms in total. The second kappa shape index (κ2) is 3.68. The third kappa shape index (κ3) is 1.49. The highest BCUT2D eigenvalue weighted by atomic mass is 14.9. The molecule has 0 aliphatic carbocycles. The number of hydrogen-bond acceptors (Lipinski definition) is 3. The van der Waals surface area contributed by atoms with Crippen molar-refractivity contribution in [1.29, 1.82) is 0 Å². The van der Waals surface area contributed by atoms with E-state index in [2.05, 4.69) is 34.3 Å². The van der Waals surface area contributed by atoms with Gasteiger partial charge in [-0.25, -0.2) is 0 Å². The molecule has 1 aliphatic rings. The molecule has 0 amide bonds. The van der Waals surface area contributed by atoms with Crippen LogP contribution in [0.3, 0.4) is 0 Å². The van der Waals surface area contributed by atoms with Gasteiger partial charge in [0.05, 0.1) is 5.69 Å².